The van der Waals surface area contributed by atoms with Crippen LogP contribution in [-0.4, -0.2) is 12.1 Å². The molecule has 2 saturated carbocycles. The number of ketones is 1. The van der Waals surface area contributed by atoms with Crippen LogP contribution in [0.4, 0.5) is 0 Å². The fourth-order valence-corrected chi connectivity index (χ4v) is 4.43. The largest absolute Gasteiger partial charge is 0.303 e. The number of hydrogen-bond acceptors (Lipinski definition) is 2. The molecule has 0 heterocycles. The summed E-state index contributed by atoms with van der Waals surface area (Å²) in [6, 6.07) is 0. The van der Waals surface area contributed by atoms with E-state index in [4.69, 9.17) is 0 Å². The maximum Gasteiger partial charge on any atom is 0.159 e. The van der Waals surface area contributed by atoms with Crippen LogP contribution in [0.1, 0.15) is 39.5 Å². The SMILES string of the molecule is C=CC[C@@H]1[C@H]2CC(=O)C(=C)[C@@]2(CC=O)CC1(C)C. The van der Waals surface area contributed by atoms with E-state index in [1.165, 1.54) is 0 Å². The predicted molar refractivity (Wildman–Crippen MR) is 72.1 cm³/mol. The molecule has 98 valence electrons. The van der Waals surface area contributed by atoms with Crippen molar-refractivity contribution in [2.75, 3.05) is 0 Å². The maximum atomic E-state index is 12.0. The summed E-state index contributed by atoms with van der Waals surface area (Å²) in [6.07, 6.45) is 5.72. The lowest BCUT2D eigenvalue weighted by Crippen LogP contribution is -2.25. The van der Waals surface area contributed by atoms with Gasteiger partial charge in [-0.25, -0.2) is 0 Å². The quantitative estimate of drug-likeness (QED) is 0.433. The van der Waals surface area contributed by atoms with Gasteiger partial charge >= 0.3 is 0 Å². The lowest BCUT2D eigenvalue weighted by atomic mass is 9.73. The minimum Gasteiger partial charge on any atom is -0.303 e. The molecule has 0 amide bonds. The monoisotopic (exact) mass is 246 g/mol. The molecule has 2 heteroatoms. The first-order valence-corrected chi connectivity index (χ1v) is 6.66. The third-order valence-corrected chi connectivity index (χ3v) is 5.18. The number of fused-ring (bicyclic) bond motifs is 1. The van der Waals surface area contributed by atoms with E-state index in [2.05, 4.69) is 27.0 Å². The van der Waals surface area contributed by atoms with E-state index in [1.807, 2.05) is 6.08 Å². The van der Waals surface area contributed by atoms with Crippen molar-refractivity contribution in [1.29, 1.82) is 0 Å². The Labute approximate surface area is 109 Å². The zero-order valence-corrected chi connectivity index (χ0v) is 11.4. The molecule has 2 aliphatic carbocycles. The van der Waals surface area contributed by atoms with Crippen molar-refractivity contribution in [3.05, 3.63) is 24.8 Å². The van der Waals surface area contributed by atoms with Crippen molar-refractivity contribution in [3.63, 3.8) is 0 Å². The van der Waals surface area contributed by atoms with E-state index in [1.54, 1.807) is 0 Å². The average molecular weight is 246 g/mol. The summed E-state index contributed by atoms with van der Waals surface area (Å²) in [4.78, 5) is 23.0. The molecule has 0 aliphatic heterocycles. The highest BCUT2D eigenvalue weighted by Crippen LogP contribution is 2.66. The highest BCUT2D eigenvalue weighted by atomic mass is 16.1. The van der Waals surface area contributed by atoms with Crippen molar-refractivity contribution >= 4 is 12.1 Å². The molecule has 0 unspecified atom stereocenters. The number of aldehydes is 1. The minimum absolute atomic E-state index is 0.144. The molecule has 0 radical (unpaired) electrons. The van der Waals surface area contributed by atoms with Crippen LogP contribution in [0.5, 0.6) is 0 Å². The number of hydrogen-bond donors (Lipinski definition) is 0. The molecule has 0 bridgehead atoms. The number of carbonyl (C=O) groups is 2. The summed E-state index contributed by atoms with van der Waals surface area (Å²) >= 11 is 0. The molecule has 0 aromatic rings. The molecule has 2 fully saturated rings. The summed E-state index contributed by atoms with van der Waals surface area (Å²) in [5, 5.41) is 0. The maximum absolute atomic E-state index is 12.0. The third kappa shape index (κ3) is 1.62. The molecule has 0 N–H and O–H groups in total. The van der Waals surface area contributed by atoms with E-state index in [9.17, 15) is 9.59 Å². The summed E-state index contributed by atoms with van der Waals surface area (Å²) in [5.74, 6) is 0.861. The Morgan fingerprint density at radius 3 is 2.67 bits per heavy atom. The van der Waals surface area contributed by atoms with Gasteiger partial charge in [0.25, 0.3) is 0 Å². The average Bonchev–Trinajstić information content (AvgIpc) is 2.62. The van der Waals surface area contributed by atoms with Gasteiger partial charge in [-0.05, 0) is 35.7 Å². The Morgan fingerprint density at radius 2 is 2.11 bits per heavy atom. The Balaban J connectivity index is 2.45. The fourth-order valence-electron chi connectivity index (χ4n) is 4.43. The van der Waals surface area contributed by atoms with Crippen LogP contribution in [0.2, 0.25) is 0 Å². The van der Waals surface area contributed by atoms with Gasteiger partial charge in [-0.3, -0.25) is 4.79 Å². The van der Waals surface area contributed by atoms with Gasteiger partial charge in [0, 0.05) is 18.3 Å². The van der Waals surface area contributed by atoms with Crippen LogP contribution in [0, 0.1) is 22.7 Å². The van der Waals surface area contributed by atoms with Crippen molar-refractivity contribution in [1.82, 2.24) is 0 Å². The van der Waals surface area contributed by atoms with E-state index in [0.717, 1.165) is 19.1 Å². The first-order chi connectivity index (χ1) is 8.39. The number of rotatable bonds is 4. The lowest BCUT2D eigenvalue weighted by Gasteiger charge is -2.29. The molecule has 0 aromatic carbocycles. The lowest BCUT2D eigenvalue weighted by molar-refractivity contribution is -0.115. The van der Waals surface area contributed by atoms with Gasteiger partial charge in [-0.1, -0.05) is 26.5 Å². The van der Waals surface area contributed by atoms with Gasteiger partial charge in [-0.15, -0.1) is 6.58 Å². The number of carbonyl (C=O) groups excluding carboxylic acids is 2. The zero-order valence-electron chi connectivity index (χ0n) is 11.4. The van der Waals surface area contributed by atoms with E-state index >= 15 is 0 Å². The highest BCUT2D eigenvalue weighted by molar-refractivity contribution is 5.99. The fraction of sp³-hybridized carbons (Fsp3) is 0.625. The van der Waals surface area contributed by atoms with Gasteiger partial charge < -0.3 is 4.79 Å². The molecular formula is C16H22O2. The smallest absolute Gasteiger partial charge is 0.159 e. The van der Waals surface area contributed by atoms with Gasteiger partial charge in [0.1, 0.15) is 6.29 Å². The zero-order chi connectivity index (χ0) is 13.6. The predicted octanol–water partition coefficient (Wildman–Crippen LogP) is 3.33. The number of Topliss-reactive ketones (excluding diaryl/α,β-unsaturated/α-hetero) is 1. The Bertz CT molecular complexity index is 419. The first-order valence-electron chi connectivity index (χ1n) is 6.66. The molecule has 2 rings (SSSR count). The number of allylic oxidation sites excluding steroid dienone is 2. The summed E-state index contributed by atoms with van der Waals surface area (Å²) < 4.78 is 0. The van der Waals surface area contributed by atoms with Crippen LogP contribution >= 0.6 is 0 Å². The first kappa shape index (κ1) is 13.3. The van der Waals surface area contributed by atoms with Gasteiger partial charge in [0.05, 0.1) is 0 Å². The molecule has 0 spiro atoms. The highest BCUT2D eigenvalue weighted by Gasteiger charge is 2.61. The topological polar surface area (TPSA) is 34.1 Å². The molecule has 0 saturated heterocycles. The third-order valence-electron chi connectivity index (χ3n) is 5.18. The van der Waals surface area contributed by atoms with Crippen LogP contribution in [0.3, 0.4) is 0 Å². The second-order valence-electron chi connectivity index (χ2n) is 6.54. The van der Waals surface area contributed by atoms with E-state index < -0.39 is 0 Å². The van der Waals surface area contributed by atoms with Crippen molar-refractivity contribution < 1.29 is 9.59 Å². The van der Waals surface area contributed by atoms with Crippen LogP contribution < -0.4 is 0 Å². The van der Waals surface area contributed by atoms with Gasteiger partial charge in [0.15, 0.2) is 5.78 Å². The standard InChI is InChI=1S/C16H22O2/c1-5-6-12-13-9-14(18)11(2)16(13,7-8-17)10-15(12,3)4/h5,8,12-13H,1-2,6-7,9-10H2,3-4H3/t12-,13-,16-/m1/s1. The second-order valence-corrected chi connectivity index (χ2v) is 6.54. The molecule has 0 aromatic heterocycles. The van der Waals surface area contributed by atoms with Gasteiger partial charge in [-0.2, -0.15) is 0 Å². The van der Waals surface area contributed by atoms with Crippen molar-refractivity contribution in [2.24, 2.45) is 22.7 Å². The Hall–Kier alpha value is -1.18. The minimum atomic E-state index is -0.268. The molecule has 2 aliphatic rings. The van der Waals surface area contributed by atoms with Gasteiger partial charge in [0.2, 0.25) is 0 Å². The van der Waals surface area contributed by atoms with E-state index in [0.29, 0.717) is 24.3 Å². The molecular weight excluding hydrogens is 224 g/mol. The normalized spacial score (nSPS) is 37.7. The Morgan fingerprint density at radius 1 is 1.44 bits per heavy atom. The van der Waals surface area contributed by atoms with Crippen LogP contribution in [0.15, 0.2) is 24.8 Å². The van der Waals surface area contributed by atoms with Crippen LogP contribution in [0.25, 0.3) is 0 Å². The summed E-state index contributed by atoms with van der Waals surface area (Å²) in [6.45, 7) is 12.3. The Kier molecular flexibility index (Phi) is 3.08. The van der Waals surface area contributed by atoms with Crippen molar-refractivity contribution in [2.45, 2.75) is 39.5 Å². The molecule has 18 heavy (non-hydrogen) atoms. The summed E-state index contributed by atoms with van der Waals surface area (Å²) in [7, 11) is 0. The second kappa shape index (κ2) is 4.18. The van der Waals surface area contributed by atoms with Crippen LogP contribution in [-0.2, 0) is 9.59 Å². The van der Waals surface area contributed by atoms with E-state index in [-0.39, 0.29) is 22.5 Å². The summed E-state index contributed by atoms with van der Waals surface area (Å²) in [5.41, 5.74) is 0.570. The van der Waals surface area contributed by atoms with Crippen molar-refractivity contribution in [3.8, 4) is 0 Å². The molecule has 3 atom stereocenters. The molecule has 2 nitrogen and oxygen atoms in total.